The minimum absolute atomic E-state index is 0.231. The molecule has 0 fully saturated rings. The summed E-state index contributed by atoms with van der Waals surface area (Å²) in [4.78, 5) is 19.9. The van der Waals surface area contributed by atoms with E-state index < -0.39 is 12.1 Å². The number of carbonyl (C=O) groups excluding carboxylic acids is 1. The molecule has 0 aliphatic rings. The average Bonchev–Trinajstić information content (AvgIpc) is 2.06. The molecule has 0 aliphatic carbocycles. The zero-order chi connectivity index (χ0) is 11.6. The van der Waals surface area contributed by atoms with Crippen molar-refractivity contribution in [3.8, 4) is 0 Å². The van der Waals surface area contributed by atoms with Gasteiger partial charge in [-0.05, 0) is 13.8 Å². The Morgan fingerprint density at radius 3 is 1.57 bits per heavy atom. The van der Waals surface area contributed by atoms with Crippen molar-refractivity contribution in [3.63, 3.8) is 0 Å². The molecule has 0 aromatic carbocycles. The third-order valence-electron chi connectivity index (χ3n) is 1.02. The maximum Gasteiger partial charge on any atom is 0.508 e. The van der Waals surface area contributed by atoms with Crippen molar-refractivity contribution in [1.29, 1.82) is 0 Å². The van der Waals surface area contributed by atoms with Gasteiger partial charge in [0.15, 0.2) is 0 Å². The second kappa shape index (κ2) is 9.83. The Labute approximate surface area is 84.0 Å². The van der Waals surface area contributed by atoms with E-state index in [-0.39, 0.29) is 5.92 Å². The van der Waals surface area contributed by atoms with E-state index in [4.69, 9.17) is 5.11 Å². The fraction of sp³-hybridized carbons (Fsp3) is 0.778. The largest absolute Gasteiger partial charge is 0.508 e. The van der Waals surface area contributed by atoms with E-state index in [1.54, 1.807) is 27.7 Å². The standard InChI is InChI=1S/C5H10O3.C4H8O2/c1-3-7-5(6)8-4-2;1-3(2)4(5)6/h3-4H2,1-2H3;3H,1-2H3,(H,5,6). The average molecular weight is 206 g/mol. The molecule has 0 spiro atoms. The molecule has 0 aliphatic heterocycles. The third kappa shape index (κ3) is 13.3. The molecule has 0 atom stereocenters. The maximum absolute atomic E-state index is 10.2. The van der Waals surface area contributed by atoms with E-state index in [0.29, 0.717) is 13.2 Å². The lowest BCUT2D eigenvalue weighted by atomic mass is 10.2. The molecule has 5 heteroatoms. The minimum Gasteiger partial charge on any atom is -0.481 e. The zero-order valence-corrected chi connectivity index (χ0v) is 9.07. The lowest BCUT2D eigenvalue weighted by molar-refractivity contribution is -0.140. The monoisotopic (exact) mass is 206 g/mol. The van der Waals surface area contributed by atoms with Crippen molar-refractivity contribution in [2.75, 3.05) is 13.2 Å². The molecule has 0 rings (SSSR count). The van der Waals surface area contributed by atoms with Crippen LogP contribution < -0.4 is 0 Å². The van der Waals surface area contributed by atoms with Gasteiger partial charge in [0.2, 0.25) is 0 Å². The number of hydrogen-bond donors (Lipinski definition) is 1. The summed E-state index contributed by atoms with van der Waals surface area (Å²) in [6, 6.07) is 0. The quantitative estimate of drug-likeness (QED) is 0.714. The molecule has 0 unspecified atom stereocenters. The van der Waals surface area contributed by atoms with Crippen LogP contribution in [0.15, 0.2) is 0 Å². The first-order chi connectivity index (χ1) is 6.45. The second-order valence-corrected chi connectivity index (χ2v) is 2.61. The highest BCUT2D eigenvalue weighted by Gasteiger charge is 1.99. The van der Waals surface area contributed by atoms with Crippen molar-refractivity contribution in [3.05, 3.63) is 0 Å². The molecule has 84 valence electrons. The van der Waals surface area contributed by atoms with E-state index in [1.807, 2.05) is 0 Å². The smallest absolute Gasteiger partial charge is 0.481 e. The van der Waals surface area contributed by atoms with Gasteiger partial charge in [0.25, 0.3) is 0 Å². The van der Waals surface area contributed by atoms with Gasteiger partial charge in [0, 0.05) is 0 Å². The van der Waals surface area contributed by atoms with Crippen LogP contribution >= 0.6 is 0 Å². The van der Waals surface area contributed by atoms with Crippen LogP contribution in [0, 0.1) is 5.92 Å². The second-order valence-electron chi connectivity index (χ2n) is 2.61. The minimum atomic E-state index is -0.741. The van der Waals surface area contributed by atoms with Gasteiger partial charge in [0.1, 0.15) is 0 Å². The lowest BCUT2D eigenvalue weighted by Gasteiger charge is -1.98. The van der Waals surface area contributed by atoms with Gasteiger partial charge in [-0.15, -0.1) is 0 Å². The van der Waals surface area contributed by atoms with E-state index in [1.165, 1.54) is 0 Å². The Balaban J connectivity index is 0. The molecule has 14 heavy (non-hydrogen) atoms. The highest BCUT2D eigenvalue weighted by atomic mass is 16.7. The summed E-state index contributed by atoms with van der Waals surface area (Å²) in [5, 5.41) is 7.99. The Hall–Kier alpha value is -1.26. The van der Waals surface area contributed by atoms with E-state index in [9.17, 15) is 9.59 Å². The van der Waals surface area contributed by atoms with Crippen LogP contribution in [0.1, 0.15) is 27.7 Å². The molecule has 0 heterocycles. The number of carbonyl (C=O) groups is 2. The molecule has 0 saturated carbocycles. The zero-order valence-electron chi connectivity index (χ0n) is 9.07. The Bertz CT molecular complexity index is 157. The van der Waals surface area contributed by atoms with E-state index >= 15 is 0 Å². The van der Waals surface area contributed by atoms with Crippen molar-refractivity contribution in [2.24, 2.45) is 5.92 Å². The number of rotatable bonds is 3. The van der Waals surface area contributed by atoms with Crippen LogP contribution in [0.3, 0.4) is 0 Å². The summed E-state index contributed by atoms with van der Waals surface area (Å²) >= 11 is 0. The number of carboxylic acids is 1. The molecule has 5 nitrogen and oxygen atoms in total. The maximum atomic E-state index is 10.2. The molecule has 0 aromatic heterocycles. The number of ether oxygens (including phenoxy) is 2. The molecule has 1 N–H and O–H groups in total. The Kier molecular flexibility index (Phi) is 10.7. The van der Waals surface area contributed by atoms with Crippen molar-refractivity contribution in [1.82, 2.24) is 0 Å². The predicted octanol–water partition coefficient (Wildman–Crippen LogP) is 1.91. The van der Waals surface area contributed by atoms with Crippen LogP contribution in [0.25, 0.3) is 0 Å². The van der Waals surface area contributed by atoms with Crippen LogP contribution in [-0.2, 0) is 14.3 Å². The molecule has 0 aromatic rings. The van der Waals surface area contributed by atoms with Crippen molar-refractivity contribution >= 4 is 12.1 Å². The SMILES string of the molecule is CC(C)C(=O)O.CCOC(=O)OCC. The summed E-state index contributed by atoms with van der Waals surface area (Å²) in [6.07, 6.45) is -0.588. The van der Waals surface area contributed by atoms with Crippen molar-refractivity contribution in [2.45, 2.75) is 27.7 Å². The molecular weight excluding hydrogens is 188 g/mol. The lowest BCUT2D eigenvalue weighted by Crippen LogP contribution is -2.05. The third-order valence-corrected chi connectivity index (χ3v) is 1.02. The molecule has 0 amide bonds. The summed E-state index contributed by atoms with van der Waals surface area (Å²) in [6.45, 7) is 7.50. The molecular formula is C9H18O5. The number of hydrogen-bond acceptors (Lipinski definition) is 4. The summed E-state index contributed by atoms with van der Waals surface area (Å²) in [7, 11) is 0. The topological polar surface area (TPSA) is 72.8 Å². The fourth-order valence-corrected chi connectivity index (χ4v) is 0.277. The fourth-order valence-electron chi connectivity index (χ4n) is 0.277. The van der Waals surface area contributed by atoms with Gasteiger partial charge in [-0.3, -0.25) is 4.79 Å². The number of carboxylic acid groups (broad SMARTS) is 1. The van der Waals surface area contributed by atoms with E-state index in [0.717, 1.165) is 0 Å². The van der Waals surface area contributed by atoms with Gasteiger partial charge < -0.3 is 14.6 Å². The predicted molar refractivity (Wildman–Crippen MR) is 51.1 cm³/mol. The van der Waals surface area contributed by atoms with Gasteiger partial charge >= 0.3 is 12.1 Å². The number of aliphatic carboxylic acids is 1. The summed E-state index contributed by atoms with van der Waals surface area (Å²) in [5.41, 5.74) is 0. The van der Waals surface area contributed by atoms with Crippen LogP contribution in [-0.4, -0.2) is 30.4 Å². The molecule has 0 saturated heterocycles. The first kappa shape index (κ1) is 15.2. The Morgan fingerprint density at radius 1 is 1.14 bits per heavy atom. The van der Waals surface area contributed by atoms with Gasteiger partial charge in [-0.1, -0.05) is 13.8 Å². The molecule has 0 radical (unpaired) electrons. The van der Waals surface area contributed by atoms with Crippen molar-refractivity contribution < 1.29 is 24.2 Å². The normalized spacial score (nSPS) is 8.64. The van der Waals surface area contributed by atoms with Gasteiger partial charge in [0.05, 0.1) is 19.1 Å². The highest BCUT2D eigenvalue weighted by molar-refractivity contribution is 5.68. The molecule has 0 bridgehead atoms. The van der Waals surface area contributed by atoms with Crippen LogP contribution in [0.2, 0.25) is 0 Å². The first-order valence-corrected chi connectivity index (χ1v) is 4.48. The highest BCUT2D eigenvalue weighted by Crippen LogP contribution is 1.87. The van der Waals surface area contributed by atoms with E-state index in [2.05, 4.69) is 9.47 Å². The van der Waals surface area contributed by atoms with Crippen LogP contribution in [0.5, 0.6) is 0 Å². The summed E-state index contributed by atoms with van der Waals surface area (Å²) < 4.78 is 8.84. The summed E-state index contributed by atoms with van der Waals surface area (Å²) in [5.74, 6) is -0.972. The first-order valence-electron chi connectivity index (χ1n) is 4.48. The Morgan fingerprint density at radius 2 is 1.43 bits per heavy atom. The van der Waals surface area contributed by atoms with Gasteiger partial charge in [-0.2, -0.15) is 0 Å². The van der Waals surface area contributed by atoms with Gasteiger partial charge in [-0.25, -0.2) is 4.79 Å². The van der Waals surface area contributed by atoms with Crippen LogP contribution in [0.4, 0.5) is 4.79 Å².